The Morgan fingerprint density at radius 1 is 0.481 bits per heavy atom. The van der Waals surface area contributed by atoms with Gasteiger partial charge >= 0.3 is 0 Å². The number of fused-ring (bicyclic) bond motifs is 6. The lowest BCUT2D eigenvalue weighted by Crippen LogP contribution is -2.00. The molecule has 4 heterocycles. The Labute approximate surface area is 302 Å². The van der Waals surface area contributed by atoms with E-state index in [0.29, 0.717) is 23.2 Å². The van der Waals surface area contributed by atoms with Crippen molar-refractivity contribution in [2.45, 2.75) is 0 Å². The third-order valence-electron chi connectivity index (χ3n) is 9.49. The second kappa shape index (κ2) is 12.1. The molecular formula is C45H26N6S. The van der Waals surface area contributed by atoms with E-state index in [2.05, 4.69) is 82.2 Å². The fraction of sp³-hybridized carbons (Fsp3) is 0. The van der Waals surface area contributed by atoms with Crippen molar-refractivity contribution in [3.8, 4) is 51.0 Å². The Balaban J connectivity index is 1.08. The minimum atomic E-state index is 0.588. The van der Waals surface area contributed by atoms with Crippen molar-refractivity contribution in [3.63, 3.8) is 0 Å². The first-order valence-electron chi connectivity index (χ1n) is 16.9. The SMILES string of the molecule is [C-]#[N+]c1ccc2c(c1)c1cc(-c3ccc4c(c3)sc3cc(-c5nc(-c6ccccc6)nc(-c6ccccc6)n5)cnc34)ccc1n2-c1ccccc1. The van der Waals surface area contributed by atoms with Gasteiger partial charge in [0.25, 0.3) is 0 Å². The molecule has 10 rings (SSSR count). The molecule has 242 valence electrons. The van der Waals surface area contributed by atoms with Crippen molar-refractivity contribution in [2.24, 2.45) is 0 Å². The standard InChI is InChI=1S/C45H26N6S/c1-46-33-19-22-39-37(26-33)36-23-30(18-21-38(36)51(39)34-15-9-4-10-16-34)31-17-20-35-40(24-31)52-41-25-32(27-47-42(35)41)45-49-43(28-11-5-2-6-12-28)48-44(50-45)29-13-7-3-8-14-29/h2-27H. The fourth-order valence-electron chi connectivity index (χ4n) is 7.00. The summed E-state index contributed by atoms with van der Waals surface area (Å²) in [5.74, 6) is 1.84. The van der Waals surface area contributed by atoms with E-state index >= 15 is 0 Å². The predicted octanol–water partition coefficient (Wildman–Crippen LogP) is 12.0. The van der Waals surface area contributed by atoms with Gasteiger partial charge in [0.1, 0.15) is 0 Å². The van der Waals surface area contributed by atoms with Crippen LogP contribution in [0.15, 0.2) is 158 Å². The lowest BCUT2D eigenvalue weighted by Gasteiger charge is -2.08. The number of hydrogen-bond donors (Lipinski definition) is 0. The quantitative estimate of drug-likeness (QED) is 0.170. The van der Waals surface area contributed by atoms with E-state index in [1.54, 1.807) is 11.3 Å². The van der Waals surface area contributed by atoms with E-state index in [9.17, 15) is 0 Å². The molecule has 0 fully saturated rings. The largest absolute Gasteiger partial charge is 0.309 e. The molecule has 0 amide bonds. The van der Waals surface area contributed by atoms with E-state index in [-0.39, 0.29) is 0 Å². The van der Waals surface area contributed by atoms with Gasteiger partial charge in [-0.1, -0.05) is 103 Å². The normalized spacial score (nSPS) is 11.4. The summed E-state index contributed by atoms with van der Waals surface area (Å²) in [4.78, 5) is 23.4. The van der Waals surface area contributed by atoms with Gasteiger partial charge in [-0.15, -0.1) is 11.3 Å². The summed E-state index contributed by atoms with van der Waals surface area (Å²) >= 11 is 1.72. The van der Waals surface area contributed by atoms with Gasteiger partial charge in [0.2, 0.25) is 0 Å². The first-order valence-corrected chi connectivity index (χ1v) is 17.7. The van der Waals surface area contributed by atoms with Crippen LogP contribution >= 0.6 is 11.3 Å². The van der Waals surface area contributed by atoms with Crippen molar-refractivity contribution in [1.29, 1.82) is 0 Å². The average molecular weight is 683 g/mol. The Hall–Kier alpha value is -7.01. The fourth-order valence-corrected chi connectivity index (χ4v) is 8.14. The molecule has 4 aromatic heterocycles. The lowest BCUT2D eigenvalue weighted by atomic mass is 10.0. The van der Waals surface area contributed by atoms with Crippen LogP contribution in [0.4, 0.5) is 5.69 Å². The van der Waals surface area contributed by atoms with Gasteiger partial charge in [0.15, 0.2) is 23.2 Å². The van der Waals surface area contributed by atoms with Gasteiger partial charge in [-0.3, -0.25) is 4.98 Å². The van der Waals surface area contributed by atoms with Gasteiger partial charge in [-0.2, -0.15) is 0 Å². The number of thiophene rings is 1. The number of nitrogens with zero attached hydrogens (tertiary/aromatic N) is 6. The second-order valence-corrected chi connectivity index (χ2v) is 13.7. The van der Waals surface area contributed by atoms with Gasteiger partial charge in [0.05, 0.1) is 27.8 Å². The Bertz CT molecular complexity index is 2960. The molecule has 0 aliphatic rings. The molecule has 7 heteroatoms. The number of para-hydroxylation sites is 1. The maximum Gasteiger partial charge on any atom is 0.188 e. The minimum Gasteiger partial charge on any atom is -0.309 e. The monoisotopic (exact) mass is 682 g/mol. The molecule has 0 unspecified atom stereocenters. The molecule has 0 saturated carbocycles. The number of benzene rings is 6. The average Bonchev–Trinajstić information content (AvgIpc) is 3.75. The van der Waals surface area contributed by atoms with E-state index in [1.807, 2.05) is 85.1 Å². The van der Waals surface area contributed by atoms with Crippen molar-refractivity contribution >= 4 is 59.1 Å². The van der Waals surface area contributed by atoms with Gasteiger partial charge in [0, 0.05) is 44.0 Å². The highest BCUT2D eigenvalue weighted by atomic mass is 32.1. The molecule has 0 spiro atoms. The van der Waals surface area contributed by atoms with Crippen LogP contribution in [-0.4, -0.2) is 24.5 Å². The van der Waals surface area contributed by atoms with E-state index in [4.69, 9.17) is 26.5 Å². The van der Waals surface area contributed by atoms with Crippen LogP contribution in [0.5, 0.6) is 0 Å². The molecule has 0 aliphatic heterocycles. The Morgan fingerprint density at radius 3 is 1.71 bits per heavy atom. The molecule has 52 heavy (non-hydrogen) atoms. The van der Waals surface area contributed by atoms with E-state index in [1.165, 1.54) is 0 Å². The number of aromatic nitrogens is 5. The van der Waals surface area contributed by atoms with Crippen LogP contribution < -0.4 is 0 Å². The third kappa shape index (κ3) is 5.01. The van der Waals surface area contributed by atoms with Gasteiger partial charge in [-0.05, 0) is 65.0 Å². The molecule has 0 radical (unpaired) electrons. The van der Waals surface area contributed by atoms with Crippen LogP contribution in [0.3, 0.4) is 0 Å². The van der Waals surface area contributed by atoms with Crippen molar-refractivity contribution in [1.82, 2.24) is 24.5 Å². The first kappa shape index (κ1) is 29.9. The highest BCUT2D eigenvalue weighted by Crippen LogP contribution is 2.40. The maximum atomic E-state index is 7.65. The summed E-state index contributed by atoms with van der Waals surface area (Å²) in [6.45, 7) is 7.65. The zero-order valence-corrected chi connectivity index (χ0v) is 28.4. The summed E-state index contributed by atoms with van der Waals surface area (Å²) in [7, 11) is 0. The Kier molecular flexibility index (Phi) is 6.95. The summed E-state index contributed by atoms with van der Waals surface area (Å²) in [5.41, 5.74) is 9.83. The topological polar surface area (TPSA) is 60.9 Å². The van der Waals surface area contributed by atoms with E-state index in [0.717, 1.165) is 75.6 Å². The summed E-state index contributed by atoms with van der Waals surface area (Å²) < 4.78 is 4.50. The molecule has 10 aromatic rings. The molecule has 0 aliphatic carbocycles. The van der Waals surface area contributed by atoms with Crippen LogP contribution in [0.2, 0.25) is 0 Å². The number of rotatable bonds is 5. The smallest absolute Gasteiger partial charge is 0.188 e. The minimum absolute atomic E-state index is 0.588. The zero-order chi connectivity index (χ0) is 34.6. The van der Waals surface area contributed by atoms with Gasteiger partial charge < -0.3 is 4.57 Å². The Morgan fingerprint density at radius 2 is 1.04 bits per heavy atom. The number of hydrogen-bond acceptors (Lipinski definition) is 5. The molecule has 6 aromatic carbocycles. The first-order chi connectivity index (χ1) is 25.7. The highest BCUT2D eigenvalue weighted by Gasteiger charge is 2.17. The number of pyridine rings is 1. The lowest BCUT2D eigenvalue weighted by molar-refractivity contribution is 1.07. The summed E-state index contributed by atoms with van der Waals surface area (Å²) in [6.07, 6.45) is 1.87. The van der Waals surface area contributed by atoms with Gasteiger partial charge in [-0.25, -0.2) is 19.8 Å². The summed E-state index contributed by atoms with van der Waals surface area (Å²) in [5, 5.41) is 3.30. The van der Waals surface area contributed by atoms with Crippen LogP contribution in [-0.2, 0) is 0 Å². The highest BCUT2D eigenvalue weighted by molar-refractivity contribution is 7.25. The van der Waals surface area contributed by atoms with Crippen LogP contribution in [0.1, 0.15) is 0 Å². The predicted molar refractivity (Wildman–Crippen MR) is 213 cm³/mol. The molecule has 6 nitrogen and oxygen atoms in total. The van der Waals surface area contributed by atoms with Crippen molar-refractivity contribution in [2.75, 3.05) is 0 Å². The second-order valence-electron chi connectivity index (χ2n) is 12.6. The molecule has 0 bridgehead atoms. The molecule has 0 saturated heterocycles. The molecule has 0 atom stereocenters. The summed E-state index contributed by atoms with van der Waals surface area (Å²) in [6, 6.07) is 51.8. The third-order valence-corrected chi connectivity index (χ3v) is 10.6. The van der Waals surface area contributed by atoms with Crippen LogP contribution in [0.25, 0.3) is 97.9 Å². The zero-order valence-electron chi connectivity index (χ0n) is 27.6. The molecule has 0 N–H and O–H groups in total. The van der Waals surface area contributed by atoms with E-state index < -0.39 is 0 Å². The van der Waals surface area contributed by atoms with Crippen molar-refractivity contribution < 1.29 is 0 Å². The maximum absolute atomic E-state index is 7.65. The van der Waals surface area contributed by atoms with Crippen LogP contribution in [0, 0.1) is 6.57 Å². The molecular weight excluding hydrogens is 657 g/mol. The van der Waals surface area contributed by atoms with Crippen molar-refractivity contribution in [3.05, 3.63) is 169 Å².